The zero-order valence-electron chi connectivity index (χ0n) is 6.71. The van der Waals surface area contributed by atoms with Gasteiger partial charge in [-0.05, 0) is 12.1 Å². The number of hydrogen-bond donors (Lipinski definition) is 0. The van der Waals surface area contributed by atoms with Crippen molar-refractivity contribution in [2.75, 3.05) is 5.75 Å². The van der Waals surface area contributed by atoms with Gasteiger partial charge in [0, 0.05) is 23.0 Å². The highest BCUT2D eigenvalue weighted by Crippen LogP contribution is 2.25. The Kier molecular flexibility index (Phi) is 3.59. The molecule has 0 saturated heterocycles. The van der Waals surface area contributed by atoms with Gasteiger partial charge < -0.3 is 0 Å². The number of thioether (sulfide) groups is 1. The second kappa shape index (κ2) is 4.50. The second-order valence-corrected chi connectivity index (χ2v) is 3.57. The highest BCUT2D eigenvalue weighted by Gasteiger charge is 2.26. The summed E-state index contributed by atoms with van der Waals surface area (Å²) in [5.74, 6) is 0.0508. The first-order chi connectivity index (χ1) is 6.08. The number of aromatic nitrogens is 1. The fourth-order valence-corrected chi connectivity index (χ4v) is 1.60. The van der Waals surface area contributed by atoms with E-state index in [0.29, 0.717) is 0 Å². The van der Waals surface area contributed by atoms with Gasteiger partial charge in [0.2, 0.25) is 0 Å². The van der Waals surface area contributed by atoms with E-state index in [0.717, 1.165) is 16.7 Å². The molecule has 0 unspecified atom stereocenters. The number of nitrogens with zero attached hydrogens (tertiary/aromatic N) is 1. The summed E-state index contributed by atoms with van der Waals surface area (Å²) >= 11 is 1.16. The number of hydrogen-bond acceptors (Lipinski definition) is 2. The first-order valence-electron chi connectivity index (χ1n) is 3.67. The van der Waals surface area contributed by atoms with Crippen molar-refractivity contribution in [3.8, 4) is 0 Å². The number of rotatable bonds is 3. The Morgan fingerprint density at radius 2 is 2.15 bits per heavy atom. The minimum absolute atomic E-state index is 0.0508. The first kappa shape index (κ1) is 10.4. The van der Waals surface area contributed by atoms with Crippen LogP contribution in [-0.2, 0) is 0 Å². The van der Waals surface area contributed by atoms with Crippen LogP contribution in [0.25, 0.3) is 0 Å². The number of pyridine rings is 1. The third-order valence-electron chi connectivity index (χ3n) is 1.29. The highest BCUT2D eigenvalue weighted by atomic mass is 32.2. The van der Waals surface area contributed by atoms with Crippen LogP contribution in [0.2, 0.25) is 0 Å². The van der Waals surface area contributed by atoms with Crippen molar-refractivity contribution in [2.45, 2.75) is 17.5 Å². The fraction of sp³-hybridized carbons (Fsp3) is 0.375. The summed E-state index contributed by atoms with van der Waals surface area (Å²) in [6, 6.07) is 3.45. The second-order valence-electron chi connectivity index (χ2n) is 2.40. The topological polar surface area (TPSA) is 12.9 Å². The van der Waals surface area contributed by atoms with Crippen LogP contribution in [-0.4, -0.2) is 16.9 Å². The van der Waals surface area contributed by atoms with Gasteiger partial charge in [-0.3, -0.25) is 4.98 Å². The Bertz CT molecular complexity index is 247. The fourth-order valence-electron chi connectivity index (χ4n) is 0.717. The lowest BCUT2D eigenvalue weighted by molar-refractivity contribution is -0.129. The van der Waals surface area contributed by atoms with Gasteiger partial charge in [-0.2, -0.15) is 13.2 Å². The van der Waals surface area contributed by atoms with E-state index in [1.807, 2.05) is 0 Å². The monoisotopic (exact) mass is 207 g/mol. The Balaban J connectivity index is 2.29. The van der Waals surface area contributed by atoms with E-state index in [4.69, 9.17) is 0 Å². The maximum atomic E-state index is 11.7. The lowest BCUT2D eigenvalue weighted by Gasteiger charge is -2.04. The van der Waals surface area contributed by atoms with Crippen LogP contribution >= 0.6 is 11.8 Å². The molecule has 0 spiro atoms. The standard InChI is InChI=1S/C8H8F3NS/c9-8(10,11)3-5-13-7-2-1-4-12-6-7/h1-2,4,6H,3,5H2. The molecular weight excluding hydrogens is 199 g/mol. The van der Waals surface area contributed by atoms with Gasteiger partial charge in [-0.15, -0.1) is 11.8 Å². The summed E-state index contributed by atoms with van der Waals surface area (Å²) in [7, 11) is 0. The Hall–Kier alpha value is -0.710. The van der Waals surface area contributed by atoms with E-state index in [1.54, 1.807) is 24.5 Å². The quantitative estimate of drug-likeness (QED) is 0.706. The van der Waals surface area contributed by atoms with E-state index in [1.165, 1.54) is 0 Å². The van der Waals surface area contributed by atoms with Crippen molar-refractivity contribution in [1.82, 2.24) is 4.98 Å². The molecule has 1 aromatic heterocycles. The lowest BCUT2D eigenvalue weighted by atomic mass is 10.5. The molecule has 0 radical (unpaired) electrons. The van der Waals surface area contributed by atoms with Crippen LogP contribution in [0.5, 0.6) is 0 Å². The molecule has 0 fully saturated rings. The lowest BCUT2D eigenvalue weighted by Crippen LogP contribution is -2.07. The minimum atomic E-state index is -4.06. The van der Waals surface area contributed by atoms with Crippen molar-refractivity contribution in [3.05, 3.63) is 24.5 Å². The molecule has 0 aromatic carbocycles. The number of alkyl halides is 3. The minimum Gasteiger partial charge on any atom is -0.264 e. The predicted molar refractivity (Wildman–Crippen MR) is 45.6 cm³/mol. The van der Waals surface area contributed by atoms with Crippen molar-refractivity contribution in [1.29, 1.82) is 0 Å². The first-order valence-corrected chi connectivity index (χ1v) is 4.66. The summed E-state index contributed by atoms with van der Waals surface area (Å²) in [4.78, 5) is 4.57. The molecule has 13 heavy (non-hydrogen) atoms. The molecule has 1 aromatic rings. The van der Waals surface area contributed by atoms with Gasteiger partial charge in [0.25, 0.3) is 0 Å². The predicted octanol–water partition coefficient (Wildman–Crippen LogP) is 3.13. The van der Waals surface area contributed by atoms with Crippen LogP contribution in [0.3, 0.4) is 0 Å². The molecule has 0 atom stereocenters. The third-order valence-corrected chi connectivity index (χ3v) is 2.27. The van der Waals surface area contributed by atoms with Crippen molar-refractivity contribution < 1.29 is 13.2 Å². The zero-order chi connectivity index (χ0) is 9.73. The van der Waals surface area contributed by atoms with E-state index in [9.17, 15) is 13.2 Å². The molecule has 0 aliphatic carbocycles. The molecule has 0 bridgehead atoms. The molecule has 0 amide bonds. The Morgan fingerprint density at radius 1 is 1.38 bits per heavy atom. The van der Waals surface area contributed by atoms with Gasteiger partial charge in [0.15, 0.2) is 0 Å². The normalized spacial score (nSPS) is 11.6. The van der Waals surface area contributed by atoms with Crippen LogP contribution in [0.1, 0.15) is 6.42 Å². The van der Waals surface area contributed by atoms with Gasteiger partial charge in [-0.25, -0.2) is 0 Å². The largest absolute Gasteiger partial charge is 0.389 e. The summed E-state index contributed by atoms with van der Waals surface area (Å²) in [6.07, 6.45) is -1.67. The van der Waals surface area contributed by atoms with E-state index in [-0.39, 0.29) is 5.75 Å². The molecule has 1 rings (SSSR count). The molecule has 5 heteroatoms. The van der Waals surface area contributed by atoms with Gasteiger partial charge in [-0.1, -0.05) is 0 Å². The summed E-state index contributed by atoms with van der Waals surface area (Å²) in [5, 5.41) is 0. The van der Waals surface area contributed by atoms with Gasteiger partial charge in [0.1, 0.15) is 0 Å². The molecule has 0 aliphatic rings. The summed E-state index contributed by atoms with van der Waals surface area (Å²) in [5.41, 5.74) is 0. The van der Waals surface area contributed by atoms with Gasteiger partial charge in [0.05, 0.1) is 6.42 Å². The smallest absolute Gasteiger partial charge is 0.264 e. The Labute approximate surface area is 78.4 Å². The van der Waals surface area contributed by atoms with E-state index in [2.05, 4.69) is 4.98 Å². The molecule has 1 heterocycles. The molecule has 0 N–H and O–H groups in total. The molecule has 1 nitrogen and oxygen atoms in total. The van der Waals surface area contributed by atoms with Crippen LogP contribution in [0.15, 0.2) is 29.4 Å². The molecule has 72 valence electrons. The zero-order valence-corrected chi connectivity index (χ0v) is 7.53. The molecular formula is C8H8F3NS. The van der Waals surface area contributed by atoms with Crippen LogP contribution < -0.4 is 0 Å². The van der Waals surface area contributed by atoms with E-state index >= 15 is 0 Å². The number of halogens is 3. The maximum absolute atomic E-state index is 11.7. The average Bonchev–Trinajstić information content (AvgIpc) is 2.04. The van der Waals surface area contributed by atoms with Crippen LogP contribution in [0, 0.1) is 0 Å². The van der Waals surface area contributed by atoms with E-state index < -0.39 is 12.6 Å². The summed E-state index contributed by atoms with van der Waals surface area (Å²) in [6.45, 7) is 0. The van der Waals surface area contributed by atoms with Crippen molar-refractivity contribution in [2.24, 2.45) is 0 Å². The van der Waals surface area contributed by atoms with Crippen molar-refractivity contribution in [3.63, 3.8) is 0 Å². The summed E-state index contributed by atoms with van der Waals surface area (Å²) < 4.78 is 35.2. The SMILES string of the molecule is FC(F)(F)CCSc1cccnc1. The van der Waals surface area contributed by atoms with Crippen molar-refractivity contribution >= 4 is 11.8 Å². The Morgan fingerprint density at radius 3 is 2.69 bits per heavy atom. The maximum Gasteiger partial charge on any atom is 0.389 e. The third kappa shape index (κ3) is 4.77. The van der Waals surface area contributed by atoms with Crippen LogP contribution in [0.4, 0.5) is 13.2 Å². The van der Waals surface area contributed by atoms with Gasteiger partial charge >= 0.3 is 6.18 Å². The molecule has 0 saturated carbocycles. The average molecular weight is 207 g/mol. The highest BCUT2D eigenvalue weighted by molar-refractivity contribution is 7.99. The molecule has 0 aliphatic heterocycles.